The molecule has 2 rings (SSSR count). The monoisotopic (exact) mass is 357 g/mol. The fourth-order valence-corrected chi connectivity index (χ4v) is 4.72. The van der Waals surface area contributed by atoms with Gasteiger partial charge in [-0.15, -0.1) is 0 Å². The topological polar surface area (TPSA) is 3.24 Å². The van der Waals surface area contributed by atoms with Gasteiger partial charge in [0.1, 0.15) is 0 Å². The molecule has 1 fully saturated rings. The van der Waals surface area contributed by atoms with Crippen molar-refractivity contribution in [2.24, 2.45) is 5.41 Å². The predicted octanol–water partition coefficient (Wildman–Crippen LogP) is 5.69. The smallest absolute Gasteiger partial charge is 0.0245 e. The highest BCUT2D eigenvalue weighted by molar-refractivity contribution is 9.09. The molecule has 0 atom stereocenters. The first-order chi connectivity index (χ1) is 9.73. The zero-order chi connectivity index (χ0) is 14.4. The molecule has 0 aromatic carbocycles. The number of alkyl halides is 1. The molecule has 0 N–H and O–H groups in total. The number of rotatable bonds is 10. The van der Waals surface area contributed by atoms with E-state index in [0.29, 0.717) is 5.41 Å². The van der Waals surface area contributed by atoms with Crippen molar-refractivity contribution in [2.45, 2.75) is 65.0 Å². The SMILES string of the molecule is CCCC(CBr)(CCC)CN(Cc1ccsc1)C1CC1. The maximum atomic E-state index is 3.83. The molecule has 0 unspecified atom stereocenters. The lowest BCUT2D eigenvalue weighted by atomic mass is 9.80. The molecule has 0 spiro atoms. The molecule has 0 bridgehead atoms. The van der Waals surface area contributed by atoms with Crippen molar-refractivity contribution in [1.29, 1.82) is 0 Å². The van der Waals surface area contributed by atoms with Gasteiger partial charge in [0.25, 0.3) is 0 Å². The fraction of sp³-hybridized carbons (Fsp3) is 0.765. The molecule has 1 saturated carbocycles. The van der Waals surface area contributed by atoms with Gasteiger partial charge in [-0.1, -0.05) is 42.6 Å². The second-order valence-corrected chi connectivity index (χ2v) is 7.74. The van der Waals surface area contributed by atoms with Crippen molar-refractivity contribution in [3.63, 3.8) is 0 Å². The van der Waals surface area contributed by atoms with Crippen molar-refractivity contribution in [2.75, 3.05) is 11.9 Å². The van der Waals surface area contributed by atoms with E-state index in [1.807, 2.05) is 11.3 Å². The van der Waals surface area contributed by atoms with Gasteiger partial charge in [-0.25, -0.2) is 0 Å². The van der Waals surface area contributed by atoms with Crippen molar-refractivity contribution >= 4 is 27.3 Å². The Kier molecular flexibility index (Phi) is 6.57. The van der Waals surface area contributed by atoms with Gasteiger partial charge >= 0.3 is 0 Å². The van der Waals surface area contributed by atoms with E-state index in [4.69, 9.17) is 0 Å². The van der Waals surface area contributed by atoms with Crippen molar-refractivity contribution < 1.29 is 0 Å². The van der Waals surface area contributed by atoms with Crippen molar-refractivity contribution in [3.8, 4) is 0 Å². The summed E-state index contributed by atoms with van der Waals surface area (Å²) >= 11 is 5.65. The molecule has 0 radical (unpaired) electrons. The molecule has 1 aliphatic rings. The Bertz CT molecular complexity index is 366. The Balaban J connectivity index is 2.03. The minimum Gasteiger partial charge on any atom is -0.296 e. The summed E-state index contributed by atoms with van der Waals surface area (Å²) in [6.45, 7) is 7.07. The summed E-state index contributed by atoms with van der Waals surface area (Å²) in [5.74, 6) is 0. The molecule has 0 amide bonds. The summed E-state index contributed by atoms with van der Waals surface area (Å²) in [5.41, 5.74) is 1.97. The number of thiophene rings is 1. The van der Waals surface area contributed by atoms with Crippen LogP contribution in [0.15, 0.2) is 16.8 Å². The van der Waals surface area contributed by atoms with Gasteiger partial charge < -0.3 is 0 Å². The Labute approximate surface area is 136 Å². The van der Waals surface area contributed by atoms with Gasteiger partial charge in [0.2, 0.25) is 0 Å². The highest BCUT2D eigenvalue weighted by atomic mass is 79.9. The molecule has 1 heterocycles. The second-order valence-electron chi connectivity index (χ2n) is 6.40. The number of nitrogens with zero attached hydrogens (tertiary/aromatic N) is 1. The Hall–Kier alpha value is 0.140. The Morgan fingerprint density at radius 1 is 1.30 bits per heavy atom. The molecule has 1 nitrogen and oxygen atoms in total. The van der Waals surface area contributed by atoms with Crippen LogP contribution in [0.4, 0.5) is 0 Å². The predicted molar refractivity (Wildman–Crippen MR) is 93.8 cm³/mol. The zero-order valence-corrected chi connectivity index (χ0v) is 15.3. The van der Waals surface area contributed by atoms with Gasteiger partial charge in [-0.2, -0.15) is 11.3 Å². The third-order valence-electron chi connectivity index (χ3n) is 4.41. The number of hydrogen-bond acceptors (Lipinski definition) is 2. The van der Waals surface area contributed by atoms with E-state index in [-0.39, 0.29) is 0 Å². The van der Waals surface area contributed by atoms with Crippen LogP contribution in [0.2, 0.25) is 0 Å². The normalized spacial score (nSPS) is 16.0. The van der Waals surface area contributed by atoms with Crippen LogP contribution in [0.1, 0.15) is 57.9 Å². The maximum Gasteiger partial charge on any atom is 0.0245 e. The first-order valence-corrected chi connectivity index (χ1v) is 10.1. The summed E-state index contributed by atoms with van der Waals surface area (Å²) in [4.78, 5) is 2.76. The average Bonchev–Trinajstić information content (AvgIpc) is 3.17. The average molecular weight is 358 g/mol. The Morgan fingerprint density at radius 2 is 2.00 bits per heavy atom. The van der Waals surface area contributed by atoms with Gasteiger partial charge in [0.05, 0.1) is 0 Å². The van der Waals surface area contributed by atoms with Crippen molar-refractivity contribution in [1.82, 2.24) is 4.90 Å². The molecule has 3 heteroatoms. The third-order valence-corrected chi connectivity index (χ3v) is 6.33. The summed E-state index contributed by atoms with van der Waals surface area (Å²) < 4.78 is 0. The van der Waals surface area contributed by atoms with E-state index in [1.165, 1.54) is 50.6 Å². The van der Waals surface area contributed by atoms with Crippen LogP contribution < -0.4 is 0 Å². The van der Waals surface area contributed by atoms with Crippen LogP contribution in [-0.2, 0) is 6.54 Å². The van der Waals surface area contributed by atoms with Gasteiger partial charge in [0, 0.05) is 24.5 Å². The minimum absolute atomic E-state index is 0.474. The lowest BCUT2D eigenvalue weighted by molar-refractivity contribution is 0.134. The number of hydrogen-bond donors (Lipinski definition) is 0. The summed E-state index contributed by atoms with van der Waals surface area (Å²) in [6, 6.07) is 3.14. The van der Waals surface area contributed by atoms with Crippen molar-refractivity contribution in [3.05, 3.63) is 22.4 Å². The fourth-order valence-electron chi connectivity index (χ4n) is 3.32. The quantitative estimate of drug-likeness (QED) is 0.485. The molecule has 1 aromatic rings. The summed E-state index contributed by atoms with van der Waals surface area (Å²) in [7, 11) is 0. The third kappa shape index (κ3) is 4.57. The molecule has 1 aromatic heterocycles. The molecular weight excluding hydrogens is 330 g/mol. The van der Waals surface area contributed by atoms with E-state index in [0.717, 1.165) is 17.9 Å². The summed E-state index contributed by atoms with van der Waals surface area (Å²) in [6.07, 6.45) is 8.09. The van der Waals surface area contributed by atoms with E-state index in [1.54, 1.807) is 0 Å². The zero-order valence-electron chi connectivity index (χ0n) is 12.9. The highest BCUT2D eigenvalue weighted by Crippen LogP contribution is 2.38. The van der Waals surface area contributed by atoms with Gasteiger partial charge in [0.15, 0.2) is 0 Å². The van der Waals surface area contributed by atoms with Crippen LogP contribution in [0.25, 0.3) is 0 Å². The second kappa shape index (κ2) is 7.95. The van der Waals surface area contributed by atoms with Gasteiger partial charge in [-0.3, -0.25) is 4.90 Å². The lowest BCUT2D eigenvalue weighted by Gasteiger charge is -2.37. The lowest BCUT2D eigenvalue weighted by Crippen LogP contribution is -2.40. The van der Waals surface area contributed by atoms with Gasteiger partial charge in [-0.05, 0) is 53.5 Å². The van der Waals surface area contributed by atoms with Crippen LogP contribution in [0, 0.1) is 5.41 Å². The maximum absolute atomic E-state index is 3.83. The van der Waals surface area contributed by atoms with E-state index >= 15 is 0 Å². The van der Waals surface area contributed by atoms with E-state index in [9.17, 15) is 0 Å². The van der Waals surface area contributed by atoms with Crippen LogP contribution in [0.5, 0.6) is 0 Å². The van der Waals surface area contributed by atoms with Crippen LogP contribution in [0.3, 0.4) is 0 Å². The molecular formula is C17H28BrNS. The molecule has 0 saturated heterocycles. The first-order valence-electron chi connectivity index (χ1n) is 8.04. The highest BCUT2D eigenvalue weighted by Gasteiger charge is 2.36. The first kappa shape index (κ1) is 16.5. The molecule has 20 heavy (non-hydrogen) atoms. The van der Waals surface area contributed by atoms with E-state index in [2.05, 4.69) is 51.5 Å². The molecule has 1 aliphatic carbocycles. The Morgan fingerprint density at radius 3 is 2.45 bits per heavy atom. The van der Waals surface area contributed by atoms with Crippen LogP contribution in [-0.4, -0.2) is 22.8 Å². The minimum atomic E-state index is 0.474. The molecule has 0 aliphatic heterocycles. The summed E-state index contributed by atoms with van der Waals surface area (Å²) in [5, 5.41) is 5.66. The van der Waals surface area contributed by atoms with E-state index < -0.39 is 0 Å². The largest absolute Gasteiger partial charge is 0.296 e. The van der Waals surface area contributed by atoms with Crippen LogP contribution >= 0.6 is 27.3 Å². The standard InChI is InChI=1S/C17H28BrNS/c1-3-8-17(13-18,9-4-2)14-19(16-5-6-16)11-15-7-10-20-12-15/h7,10,12,16H,3-6,8-9,11,13-14H2,1-2H3. The number of halogens is 1. The molecule has 114 valence electrons.